The van der Waals surface area contributed by atoms with Crippen molar-refractivity contribution in [3.05, 3.63) is 74.3 Å². The van der Waals surface area contributed by atoms with E-state index < -0.39 is 4.92 Å². The Balaban J connectivity index is 1.96. The van der Waals surface area contributed by atoms with Crippen molar-refractivity contribution in [2.75, 3.05) is 13.1 Å². The summed E-state index contributed by atoms with van der Waals surface area (Å²) >= 11 is 5.98. The monoisotopic (exact) mass is 375 g/mol. The maximum Gasteiger partial charge on any atom is 0.270 e. The minimum Gasteiger partial charge on any atom is -0.348 e. The molecule has 0 spiro atoms. The van der Waals surface area contributed by atoms with E-state index in [4.69, 9.17) is 11.6 Å². The first-order valence-electron chi connectivity index (χ1n) is 8.46. The number of halogens is 1. The van der Waals surface area contributed by atoms with Crippen LogP contribution in [0.1, 0.15) is 35.3 Å². The van der Waals surface area contributed by atoms with Crippen LogP contribution in [0.15, 0.2) is 42.5 Å². The highest BCUT2D eigenvalue weighted by atomic mass is 35.5. The van der Waals surface area contributed by atoms with Crippen molar-refractivity contribution in [3.63, 3.8) is 0 Å². The van der Waals surface area contributed by atoms with Crippen molar-refractivity contribution in [1.82, 2.24) is 10.2 Å². The van der Waals surface area contributed by atoms with Gasteiger partial charge in [-0.25, -0.2) is 0 Å². The molecule has 138 valence electrons. The van der Waals surface area contributed by atoms with Crippen LogP contribution in [-0.2, 0) is 13.1 Å². The molecule has 2 rings (SSSR count). The molecule has 0 fully saturated rings. The molecule has 0 radical (unpaired) electrons. The number of carbonyl (C=O) groups is 1. The lowest BCUT2D eigenvalue weighted by Crippen LogP contribution is -2.23. The highest BCUT2D eigenvalue weighted by Crippen LogP contribution is 2.22. The van der Waals surface area contributed by atoms with Gasteiger partial charge in [-0.1, -0.05) is 49.7 Å². The van der Waals surface area contributed by atoms with Crippen LogP contribution >= 0.6 is 11.6 Å². The molecule has 0 saturated heterocycles. The maximum atomic E-state index is 12.2. The molecule has 7 heteroatoms. The molecule has 1 N–H and O–H groups in total. The molecule has 0 bridgehead atoms. The van der Waals surface area contributed by atoms with Crippen LogP contribution < -0.4 is 5.32 Å². The van der Waals surface area contributed by atoms with E-state index in [-0.39, 0.29) is 22.2 Å². The van der Waals surface area contributed by atoms with Crippen molar-refractivity contribution in [2.45, 2.75) is 26.9 Å². The van der Waals surface area contributed by atoms with Crippen LogP contribution in [0.4, 0.5) is 5.69 Å². The molecule has 0 heterocycles. The number of rotatable bonds is 8. The van der Waals surface area contributed by atoms with E-state index in [0.29, 0.717) is 6.54 Å². The van der Waals surface area contributed by atoms with Crippen LogP contribution in [0.5, 0.6) is 0 Å². The highest BCUT2D eigenvalue weighted by Gasteiger charge is 2.14. The van der Waals surface area contributed by atoms with E-state index in [2.05, 4.69) is 36.2 Å². The number of nitrogens with one attached hydrogen (secondary N) is 1. The average Bonchev–Trinajstić information content (AvgIpc) is 2.64. The van der Waals surface area contributed by atoms with Gasteiger partial charge in [0.1, 0.15) is 0 Å². The second-order valence-corrected chi connectivity index (χ2v) is 6.29. The van der Waals surface area contributed by atoms with Gasteiger partial charge in [-0.15, -0.1) is 0 Å². The summed E-state index contributed by atoms with van der Waals surface area (Å²) < 4.78 is 0. The third kappa shape index (κ3) is 5.28. The van der Waals surface area contributed by atoms with Crippen molar-refractivity contribution in [1.29, 1.82) is 0 Å². The number of hydrogen-bond donors (Lipinski definition) is 1. The number of nitrogens with zero attached hydrogens (tertiary/aromatic N) is 2. The minimum absolute atomic E-state index is 0.0614. The van der Waals surface area contributed by atoms with Gasteiger partial charge in [0, 0.05) is 25.2 Å². The lowest BCUT2D eigenvalue weighted by Gasteiger charge is -2.18. The SMILES string of the molecule is CCN(CC)Cc1ccc(CNC(=O)c2ccc([N+](=O)[O-])cc2Cl)cc1. The largest absolute Gasteiger partial charge is 0.348 e. The van der Waals surface area contributed by atoms with Crippen LogP contribution in [0, 0.1) is 10.1 Å². The zero-order valence-corrected chi connectivity index (χ0v) is 15.6. The Morgan fingerprint density at radius 2 is 1.73 bits per heavy atom. The Hall–Kier alpha value is -2.44. The van der Waals surface area contributed by atoms with Gasteiger partial charge in [-0.05, 0) is 30.3 Å². The topological polar surface area (TPSA) is 75.5 Å². The van der Waals surface area contributed by atoms with Gasteiger partial charge in [-0.3, -0.25) is 19.8 Å². The summed E-state index contributed by atoms with van der Waals surface area (Å²) in [6, 6.07) is 11.9. The number of hydrogen-bond acceptors (Lipinski definition) is 4. The number of nitro benzene ring substituents is 1. The molecule has 6 nitrogen and oxygen atoms in total. The van der Waals surface area contributed by atoms with Gasteiger partial charge in [0.25, 0.3) is 11.6 Å². The average molecular weight is 376 g/mol. The van der Waals surface area contributed by atoms with E-state index in [1.165, 1.54) is 23.8 Å². The fourth-order valence-electron chi connectivity index (χ4n) is 2.55. The van der Waals surface area contributed by atoms with Crippen molar-refractivity contribution >= 4 is 23.2 Å². The number of non-ortho nitro benzene ring substituents is 1. The summed E-state index contributed by atoms with van der Waals surface area (Å²) in [6.07, 6.45) is 0. The summed E-state index contributed by atoms with van der Waals surface area (Å²) in [7, 11) is 0. The van der Waals surface area contributed by atoms with E-state index in [1.807, 2.05) is 12.1 Å². The molecule has 2 aromatic rings. The number of amides is 1. The zero-order chi connectivity index (χ0) is 19.1. The van der Waals surface area contributed by atoms with Gasteiger partial charge in [0.2, 0.25) is 0 Å². The molecule has 0 aliphatic carbocycles. The van der Waals surface area contributed by atoms with Gasteiger partial charge >= 0.3 is 0 Å². The summed E-state index contributed by atoms with van der Waals surface area (Å²) in [6.45, 7) is 7.54. The van der Waals surface area contributed by atoms with Crippen LogP contribution in [0.3, 0.4) is 0 Å². The van der Waals surface area contributed by atoms with Crippen LogP contribution in [-0.4, -0.2) is 28.8 Å². The fourth-order valence-corrected chi connectivity index (χ4v) is 2.81. The molecule has 26 heavy (non-hydrogen) atoms. The molecule has 2 aromatic carbocycles. The quantitative estimate of drug-likeness (QED) is 0.558. The standard InChI is InChI=1S/C19H22ClN3O3/c1-3-22(4-2)13-15-7-5-14(6-8-15)12-21-19(24)17-10-9-16(23(25)26)11-18(17)20/h5-11H,3-4,12-13H2,1-2H3,(H,21,24). The second kappa shape index (κ2) is 9.31. The summed E-state index contributed by atoms with van der Waals surface area (Å²) in [5.74, 6) is -0.364. The number of benzene rings is 2. The number of carbonyl (C=O) groups excluding carboxylic acids is 1. The third-order valence-electron chi connectivity index (χ3n) is 4.18. The molecule has 0 aliphatic rings. The molecule has 0 unspecified atom stereocenters. The van der Waals surface area contributed by atoms with Gasteiger partial charge in [-0.2, -0.15) is 0 Å². The first-order valence-corrected chi connectivity index (χ1v) is 8.84. The van der Waals surface area contributed by atoms with E-state index in [1.54, 1.807) is 0 Å². The van der Waals surface area contributed by atoms with Crippen LogP contribution in [0.2, 0.25) is 5.02 Å². The fraction of sp³-hybridized carbons (Fsp3) is 0.316. The van der Waals surface area contributed by atoms with Crippen molar-refractivity contribution in [2.24, 2.45) is 0 Å². The summed E-state index contributed by atoms with van der Waals surface area (Å²) in [5.41, 5.74) is 2.27. The van der Waals surface area contributed by atoms with Crippen LogP contribution in [0.25, 0.3) is 0 Å². The molecular formula is C19H22ClN3O3. The van der Waals surface area contributed by atoms with Crippen molar-refractivity contribution < 1.29 is 9.72 Å². The van der Waals surface area contributed by atoms with E-state index in [0.717, 1.165) is 25.2 Å². The Bertz CT molecular complexity index is 774. The smallest absolute Gasteiger partial charge is 0.270 e. The molecule has 0 aliphatic heterocycles. The Kier molecular flexibility index (Phi) is 7.12. The second-order valence-electron chi connectivity index (χ2n) is 5.88. The predicted molar refractivity (Wildman–Crippen MR) is 102 cm³/mol. The lowest BCUT2D eigenvalue weighted by atomic mass is 10.1. The molecule has 0 saturated carbocycles. The first kappa shape index (κ1) is 19.9. The molecule has 1 amide bonds. The van der Waals surface area contributed by atoms with Gasteiger partial charge in [0.05, 0.1) is 15.5 Å². The first-order chi connectivity index (χ1) is 12.4. The maximum absolute atomic E-state index is 12.2. The third-order valence-corrected chi connectivity index (χ3v) is 4.50. The molecule has 0 aromatic heterocycles. The van der Waals surface area contributed by atoms with E-state index >= 15 is 0 Å². The van der Waals surface area contributed by atoms with Gasteiger partial charge < -0.3 is 5.32 Å². The Morgan fingerprint density at radius 1 is 1.12 bits per heavy atom. The summed E-state index contributed by atoms with van der Waals surface area (Å²) in [4.78, 5) is 24.7. The number of nitro groups is 1. The lowest BCUT2D eigenvalue weighted by molar-refractivity contribution is -0.384. The van der Waals surface area contributed by atoms with Crippen molar-refractivity contribution in [3.8, 4) is 0 Å². The zero-order valence-electron chi connectivity index (χ0n) is 14.9. The predicted octanol–water partition coefficient (Wildman–Crippen LogP) is 4.02. The normalized spacial score (nSPS) is 10.8. The van der Waals surface area contributed by atoms with E-state index in [9.17, 15) is 14.9 Å². The van der Waals surface area contributed by atoms with Gasteiger partial charge in [0.15, 0.2) is 0 Å². The highest BCUT2D eigenvalue weighted by molar-refractivity contribution is 6.34. The Labute approximate surface area is 157 Å². The molecular weight excluding hydrogens is 354 g/mol. The summed E-state index contributed by atoms with van der Waals surface area (Å²) in [5, 5.41) is 13.6. The molecule has 0 atom stereocenters. The Morgan fingerprint density at radius 3 is 2.27 bits per heavy atom. The minimum atomic E-state index is -0.548.